The van der Waals surface area contributed by atoms with Gasteiger partial charge in [-0.15, -0.1) is 0 Å². The lowest BCUT2D eigenvalue weighted by molar-refractivity contribution is 0.520. The van der Waals surface area contributed by atoms with Gasteiger partial charge >= 0.3 is 0 Å². The summed E-state index contributed by atoms with van der Waals surface area (Å²) in [5.41, 5.74) is 2.53. The van der Waals surface area contributed by atoms with Gasteiger partial charge in [-0.3, -0.25) is 0 Å². The Kier molecular flexibility index (Phi) is 40.9. The van der Waals surface area contributed by atoms with E-state index in [1.54, 1.807) is 0 Å². The van der Waals surface area contributed by atoms with Gasteiger partial charge in [0.2, 0.25) is 0 Å². The Morgan fingerprint density at radius 1 is 0.296 bits per heavy atom. The minimum atomic E-state index is 0.708. The van der Waals surface area contributed by atoms with Crippen LogP contribution in [0.1, 0.15) is 301 Å². The Morgan fingerprint density at radius 3 is 0.667 bits per heavy atom. The summed E-state index contributed by atoms with van der Waals surface area (Å²) in [6.07, 6.45) is 63.3. The third-order valence-electron chi connectivity index (χ3n) is 12.2. The van der Waals surface area contributed by atoms with E-state index < -0.39 is 0 Å². The van der Waals surface area contributed by atoms with Crippen molar-refractivity contribution in [2.24, 2.45) is 0 Å². The van der Waals surface area contributed by atoms with E-state index >= 15 is 0 Å². The number of rotatable bonds is 45. The summed E-state index contributed by atoms with van der Waals surface area (Å²) in [6.45, 7) is 8.71. The molecule has 0 amide bonds. The number of hydrogen-bond acceptors (Lipinski definition) is 2. The molecule has 2 heteroatoms. The normalized spacial score (nSPS) is 11.6. The number of aryl methyl sites for hydroxylation is 2. The summed E-state index contributed by atoms with van der Waals surface area (Å²) < 4.78 is 0. The van der Waals surface area contributed by atoms with E-state index in [-0.39, 0.29) is 0 Å². The molecule has 54 heavy (non-hydrogen) atoms. The van der Waals surface area contributed by atoms with Crippen molar-refractivity contribution in [3.8, 4) is 0 Å². The van der Waals surface area contributed by atoms with Crippen LogP contribution >= 0.6 is 0 Å². The third-order valence-corrected chi connectivity index (χ3v) is 12.2. The standard InChI is InChI=1S/C52H99N2/c1-4-7-9-11-13-15-17-19-21-23-25-27-29-31-33-35-37-39-41-43-45-47-50-49-51(54-52(6-3)53-50)48-46-44-42-40-38-36-34-32-30-28-26-24-22-20-18-16-14-12-10-8-5-2/h49H,3-48H2,1-2H3. The molecule has 1 heterocycles. The fourth-order valence-corrected chi connectivity index (χ4v) is 8.46. The first kappa shape index (κ1) is 51.1. The van der Waals surface area contributed by atoms with Crippen LogP contribution in [-0.2, 0) is 19.3 Å². The number of nitrogens with zero attached hydrogens (tertiary/aromatic N) is 2. The van der Waals surface area contributed by atoms with Gasteiger partial charge in [-0.25, -0.2) is 9.97 Å². The lowest BCUT2D eigenvalue weighted by atomic mass is 10.0. The van der Waals surface area contributed by atoms with Crippen LogP contribution in [-0.4, -0.2) is 9.97 Å². The van der Waals surface area contributed by atoms with Crippen LogP contribution in [0.5, 0.6) is 0 Å². The van der Waals surface area contributed by atoms with E-state index in [9.17, 15) is 0 Å². The maximum atomic E-state index is 4.84. The van der Waals surface area contributed by atoms with E-state index in [1.807, 2.05) is 0 Å². The number of unbranched alkanes of at least 4 members (excludes halogenated alkanes) is 40. The van der Waals surface area contributed by atoms with E-state index in [1.165, 1.54) is 281 Å². The molecule has 0 fully saturated rings. The molecule has 0 aromatic carbocycles. The van der Waals surface area contributed by atoms with Gasteiger partial charge in [0.15, 0.2) is 0 Å². The Hall–Kier alpha value is -0.920. The van der Waals surface area contributed by atoms with Crippen LogP contribution in [0.3, 0.4) is 0 Å². The largest absolute Gasteiger partial charge is 0.238 e. The highest BCUT2D eigenvalue weighted by atomic mass is 14.9. The smallest absolute Gasteiger partial charge is 0.128 e. The zero-order valence-corrected chi connectivity index (χ0v) is 37.5. The third kappa shape index (κ3) is 36.7. The molecule has 1 radical (unpaired) electrons. The molecule has 2 nitrogen and oxygen atoms in total. The Balaban J connectivity index is 1.89. The van der Waals surface area contributed by atoms with Gasteiger partial charge in [-0.2, -0.15) is 0 Å². The van der Waals surface area contributed by atoms with Gasteiger partial charge < -0.3 is 0 Å². The molecule has 0 aliphatic heterocycles. The number of aromatic nitrogens is 2. The molecule has 317 valence electrons. The van der Waals surface area contributed by atoms with Crippen molar-refractivity contribution in [2.45, 2.75) is 303 Å². The molecular formula is C52H99N2. The second kappa shape index (κ2) is 43.2. The molecule has 1 rings (SSSR count). The summed E-state index contributed by atoms with van der Waals surface area (Å²) in [6, 6.07) is 2.31. The van der Waals surface area contributed by atoms with Crippen molar-refractivity contribution in [1.29, 1.82) is 0 Å². The molecule has 0 saturated carbocycles. The van der Waals surface area contributed by atoms with Crippen molar-refractivity contribution >= 4 is 0 Å². The lowest BCUT2D eigenvalue weighted by Crippen LogP contribution is -2.03. The lowest BCUT2D eigenvalue weighted by Gasteiger charge is -2.08. The fraction of sp³-hybridized carbons (Fsp3) is 0.904. The molecule has 0 aliphatic rings. The van der Waals surface area contributed by atoms with E-state index in [0.717, 1.165) is 18.7 Å². The van der Waals surface area contributed by atoms with Crippen LogP contribution in [0.4, 0.5) is 0 Å². The van der Waals surface area contributed by atoms with Crippen LogP contribution < -0.4 is 0 Å². The average Bonchev–Trinajstić information content (AvgIpc) is 3.19. The molecule has 1 aromatic heterocycles. The molecule has 0 spiro atoms. The first-order chi connectivity index (χ1) is 26.8. The Labute approximate surface area is 341 Å². The molecule has 0 N–H and O–H groups in total. The van der Waals surface area contributed by atoms with E-state index in [4.69, 9.17) is 9.97 Å². The summed E-state index contributed by atoms with van der Waals surface area (Å²) in [5, 5.41) is 0. The number of hydrogen-bond donors (Lipinski definition) is 0. The fourth-order valence-electron chi connectivity index (χ4n) is 8.46. The maximum absolute atomic E-state index is 4.84. The van der Waals surface area contributed by atoms with Crippen LogP contribution in [0.15, 0.2) is 6.07 Å². The predicted molar refractivity (Wildman–Crippen MR) is 244 cm³/mol. The molecule has 0 bridgehead atoms. The minimum Gasteiger partial charge on any atom is -0.238 e. The van der Waals surface area contributed by atoms with Crippen molar-refractivity contribution in [3.63, 3.8) is 0 Å². The summed E-state index contributed by atoms with van der Waals surface area (Å²) in [7, 11) is 0. The highest BCUT2D eigenvalue weighted by Crippen LogP contribution is 2.18. The summed E-state index contributed by atoms with van der Waals surface area (Å²) >= 11 is 0. The Bertz CT molecular complexity index is 785. The minimum absolute atomic E-state index is 0.708. The molecule has 0 unspecified atom stereocenters. The van der Waals surface area contributed by atoms with Crippen LogP contribution in [0.2, 0.25) is 0 Å². The first-order valence-electron chi connectivity index (χ1n) is 25.4. The molecular weight excluding hydrogens is 653 g/mol. The van der Waals surface area contributed by atoms with E-state index in [2.05, 4.69) is 26.8 Å². The van der Waals surface area contributed by atoms with Crippen molar-refractivity contribution in [2.75, 3.05) is 0 Å². The highest BCUT2D eigenvalue weighted by molar-refractivity contribution is 5.12. The molecule has 0 atom stereocenters. The topological polar surface area (TPSA) is 25.8 Å². The molecule has 0 saturated heterocycles. The quantitative estimate of drug-likeness (QED) is 0.0620. The van der Waals surface area contributed by atoms with Gasteiger partial charge in [0, 0.05) is 17.8 Å². The summed E-state index contributed by atoms with van der Waals surface area (Å²) in [4.78, 5) is 9.67. The SMILES string of the molecule is [CH2]Cc1nc(CCCCCCCCCCCCCCCCCCCCCCC)cc(CCCCCCCCCCCCCCCCCCCCCCC)n1. The maximum Gasteiger partial charge on any atom is 0.128 e. The molecule has 1 aromatic rings. The second-order valence-corrected chi connectivity index (χ2v) is 17.7. The summed E-state index contributed by atoms with van der Waals surface area (Å²) in [5.74, 6) is 0.953. The predicted octanol–water partition coefficient (Wildman–Crippen LogP) is 18.4. The van der Waals surface area contributed by atoms with Crippen molar-refractivity contribution < 1.29 is 0 Å². The van der Waals surface area contributed by atoms with Gasteiger partial charge in [0.25, 0.3) is 0 Å². The van der Waals surface area contributed by atoms with Gasteiger partial charge in [0.1, 0.15) is 5.82 Å². The van der Waals surface area contributed by atoms with E-state index in [0.29, 0.717) is 6.42 Å². The second-order valence-electron chi connectivity index (χ2n) is 17.7. The van der Waals surface area contributed by atoms with Gasteiger partial charge in [0.05, 0.1) is 0 Å². The Morgan fingerprint density at radius 2 is 0.481 bits per heavy atom. The van der Waals surface area contributed by atoms with Crippen LogP contribution in [0.25, 0.3) is 0 Å². The van der Waals surface area contributed by atoms with Gasteiger partial charge in [-0.05, 0) is 38.7 Å². The zero-order chi connectivity index (χ0) is 38.7. The highest BCUT2D eigenvalue weighted by Gasteiger charge is 2.05. The van der Waals surface area contributed by atoms with Crippen molar-refractivity contribution in [3.05, 3.63) is 30.2 Å². The van der Waals surface area contributed by atoms with Crippen molar-refractivity contribution in [1.82, 2.24) is 9.97 Å². The average molecular weight is 752 g/mol. The molecule has 0 aliphatic carbocycles. The first-order valence-corrected chi connectivity index (χ1v) is 25.4. The zero-order valence-electron chi connectivity index (χ0n) is 37.5. The monoisotopic (exact) mass is 752 g/mol. The van der Waals surface area contributed by atoms with Gasteiger partial charge in [-0.1, -0.05) is 271 Å². The van der Waals surface area contributed by atoms with Crippen LogP contribution in [0, 0.1) is 6.92 Å².